The molecule has 4 heteroatoms. The van der Waals surface area contributed by atoms with Crippen molar-refractivity contribution in [1.82, 2.24) is 0 Å². The summed E-state index contributed by atoms with van der Waals surface area (Å²) < 4.78 is 0. The van der Waals surface area contributed by atoms with Crippen LogP contribution in [0.15, 0.2) is 10.3 Å². The predicted molar refractivity (Wildman–Crippen MR) is 40.6 cm³/mol. The summed E-state index contributed by atoms with van der Waals surface area (Å²) in [6, 6.07) is 0. The van der Waals surface area contributed by atoms with Crippen LogP contribution >= 0.6 is 23.5 Å². The first-order valence-corrected chi connectivity index (χ1v) is 4.52. The van der Waals surface area contributed by atoms with Crippen LogP contribution in [0.25, 0.3) is 0 Å². The Bertz CT molecular complexity index is 153. The molecule has 0 aromatic heterocycles. The molecule has 1 aliphatic rings. The van der Waals surface area contributed by atoms with Crippen LogP contribution in [0.5, 0.6) is 0 Å². The number of hydrogen-bond donors (Lipinski definition) is 1. The summed E-state index contributed by atoms with van der Waals surface area (Å²) in [6.45, 7) is 0. The van der Waals surface area contributed by atoms with Crippen molar-refractivity contribution in [3.63, 3.8) is 0 Å². The van der Waals surface area contributed by atoms with Crippen LogP contribution in [0.4, 0.5) is 0 Å². The summed E-state index contributed by atoms with van der Waals surface area (Å²) in [6.07, 6.45) is 0. The standard InChI is InChI=1S/C5H6O2S2/c6-5(7)4-3-8-1-2-9-4/h3H,1-2H2,(H,6,7). The van der Waals surface area contributed by atoms with Crippen LogP contribution < -0.4 is 0 Å². The molecule has 1 N–H and O–H groups in total. The molecule has 9 heavy (non-hydrogen) atoms. The van der Waals surface area contributed by atoms with Crippen molar-refractivity contribution in [3.8, 4) is 0 Å². The number of hydrogen-bond acceptors (Lipinski definition) is 3. The third-order valence-electron chi connectivity index (χ3n) is 0.860. The number of carbonyl (C=O) groups is 1. The van der Waals surface area contributed by atoms with Crippen molar-refractivity contribution >= 4 is 29.5 Å². The summed E-state index contributed by atoms with van der Waals surface area (Å²) in [5.41, 5.74) is 0. The fraction of sp³-hybridized carbons (Fsp3) is 0.400. The molecule has 0 fully saturated rings. The van der Waals surface area contributed by atoms with E-state index in [1.807, 2.05) is 0 Å². The molecule has 1 heterocycles. The zero-order chi connectivity index (χ0) is 6.69. The summed E-state index contributed by atoms with van der Waals surface area (Å²) in [4.78, 5) is 10.7. The quantitative estimate of drug-likeness (QED) is 0.632. The average Bonchev–Trinajstić information content (AvgIpc) is 1.90. The van der Waals surface area contributed by atoms with Gasteiger partial charge in [0.2, 0.25) is 0 Å². The molecule has 0 unspecified atom stereocenters. The molecular weight excluding hydrogens is 156 g/mol. The highest BCUT2D eigenvalue weighted by Crippen LogP contribution is 2.26. The molecule has 0 bridgehead atoms. The molecule has 1 aliphatic heterocycles. The topological polar surface area (TPSA) is 37.3 Å². The fourth-order valence-electron chi connectivity index (χ4n) is 0.481. The molecule has 0 aliphatic carbocycles. The van der Waals surface area contributed by atoms with Gasteiger partial charge in [-0.3, -0.25) is 0 Å². The van der Waals surface area contributed by atoms with Gasteiger partial charge in [0.05, 0.1) is 4.91 Å². The molecule has 0 atom stereocenters. The third-order valence-corrected chi connectivity index (χ3v) is 3.12. The zero-order valence-corrected chi connectivity index (χ0v) is 6.30. The molecule has 0 aromatic carbocycles. The maximum Gasteiger partial charge on any atom is 0.342 e. The van der Waals surface area contributed by atoms with E-state index >= 15 is 0 Å². The first-order chi connectivity index (χ1) is 4.30. The molecular formula is C5H6O2S2. The highest BCUT2D eigenvalue weighted by Gasteiger charge is 2.10. The minimum absolute atomic E-state index is 0.478. The number of carboxylic acid groups (broad SMARTS) is 1. The number of thioether (sulfide) groups is 2. The Hall–Kier alpha value is -0.0900. The Morgan fingerprint density at radius 2 is 2.44 bits per heavy atom. The fourth-order valence-corrected chi connectivity index (χ4v) is 2.39. The van der Waals surface area contributed by atoms with Crippen LogP contribution in [0.2, 0.25) is 0 Å². The first-order valence-electron chi connectivity index (χ1n) is 2.48. The van der Waals surface area contributed by atoms with E-state index in [-0.39, 0.29) is 0 Å². The largest absolute Gasteiger partial charge is 0.477 e. The van der Waals surface area contributed by atoms with Crippen LogP contribution in [0.3, 0.4) is 0 Å². The molecule has 1 rings (SSSR count). The highest BCUT2D eigenvalue weighted by atomic mass is 32.2. The molecule has 2 nitrogen and oxygen atoms in total. The van der Waals surface area contributed by atoms with Gasteiger partial charge >= 0.3 is 5.97 Å². The Kier molecular flexibility index (Phi) is 2.48. The van der Waals surface area contributed by atoms with Crippen LogP contribution in [-0.2, 0) is 4.79 Å². The van der Waals surface area contributed by atoms with Crippen LogP contribution in [0.1, 0.15) is 0 Å². The second-order valence-electron chi connectivity index (χ2n) is 1.51. The number of rotatable bonds is 1. The van der Waals surface area contributed by atoms with E-state index in [0.717, 1.165) is 11.5 Å². The van der Waals surface area contributed by atoms with Crippen molar-refractivity contribution in [2.24, 2.45) is 0 Å². The molecule has 0 amide bonds. The lowest BCUT2D eigenvalue weighted by Crippen LogP contribution is -2.01. The number of aliphatic carboxylic acids is 1. The minimum Gasteiger partial charge on any atom is -0.477 e. The molecule has 0 radical (unpaired) electrons. The van der Waals surface area contributed by atoms with E-state index < -0.39 is 5.97 Å². The van der Waals surface area contributed by atoms with Gasteiger partial charge in [0.25, 0.3) is 0 Å². The second kappa shape index (κ2) is 3.17. The van der Waals surface area contributed by atoms with Gasteiger partial charge in [0, 0.05) is 11.5 Å². The second-order valence-corrected chi connectivity index (χ2v) is 3.62. The van der Waals surface area contributed by atoms with Crippen LogP contribution in [-0.4, -0.2) is 22.6 Å². The molecule has 50 valence electrons. The molecule has 0 spiro atoms. The van der Waals surface area contributed by atoms with Gasteiger partial charge < -0.3 is 5.11 Å². The third kappa shape index (κ3) is 1.95. The van der Waals surface area contributed by atoms with Gasteiger partial charge in [0.15, 0.2) is 0 Å². The lowest BCUT2D eigenvalue weighted by atomic mass is 10.7. The summed E-state index contributed by atoms with van der Waals surface area (Å²) in [7, 11) is 0. The summed E-state index contributed by atoms with van der Waals surface area (Å²) in [5.74, 6) is 1.15. The van der Waals surface area contributed by atoms with Gasteiger partial charge in [-0.25, -0.2) is 4.79 Å². The van der Waals surface area contributed by atoms with Gasteiger partial charge in [0.1, 0.15) is 0 Å². The normalized spacial score (nSPS) is 18.9. The van der Waals surface area contributed by atoms with Crippen molar-refractivity contribution in [2.75, 3.05) is 11.5 Å². The lowest BCUT2D eigenvalue weighted by molar-refractivity contribution is -0.131. The van der Waals surface area contributed by atoms with Gasteiger partial charge in [-0.15, -0.1) is 23.5 Å². The number of carboxylic acids is 1. The van der Waals surface area contributed by atoms with Gasteiger partial charge in [-0.2, -0.15) is 0 Å². The zero-order valence-electron chi connectivity index (χ0n) is 4.66. The Balaban J connectivity index is 2.57. The van der Waals surface area contributed by atoms with Gasteiger partial charge in [-0.1, -0.05) is 0 Å². The van der Waals surface area contributed by atoms with E-state index in [2.05, 4.69) is 0 Å². The summed E-state index contributed by atoms with van der Waals surface area (Å²) >= 11 is 2.98. The van der Waals surface area contributed by atoms with Crippen molar-refractivity contribution in [1.29, 1.82) is 0 Å². The molecule has 0 aromatic rings. The molecule has 0 saturated carbocycles. The van der Waals surface area contributed by atoms with Gasteiger partial charge in [-0.05, 0) is 5.41 Å². The SMILES string of the molecule is O=C(O)C1=CSCCS1. The monoisotopic (exact) mass is 162 g/mol. The van der Waals surface area contributed by atoms with Crippen LogP contribution in [0, 0.1) is 0 Å². The minimum atomic E-state index is -0.799. The van der Waals surface area contributed by atoms with E-state index in [1.165, 1.54) is 11.8 Å². The van der Waals surface area contributed by atoms with E-state index in [0.29, 0.717) is 4.91 Å². The van der Waals surface area contributed by atoms with E-state index in [1.54, 1.807) is 17.2 Å². The Morgan fingerprint density at radius 3 is 2.78 bits per heavy atom. The smallest absolute Gasteiger partial charge is 0.342 e. The van der Waals surface area contributed by atoms with Crippen molar-refractivity contribution in [2.45, 2.75) is 0 Å². The Labute approximate surface area is 61.7 Å². The summed E-state index contributed by atoms with van der Waals surface area (Å²) in [5, 5.41) is 10.1. The van der Waals surface area contributed by atoms with Crippen molar-refractivity contribution < 1.29 is 9.90 Å². The first kappa shape index (κ1) is 7.02. The van der Waals surface area contributed by atoms with Crippen molar-refractivity contribution in [3.05, 3.63) is 10.3 Å². The Morgan fingerprint density at radius 1 is 1.67 bits per heavy atom. The maximum absolute atomic E-state index is 10.3. The maximum atomic E-state index is 10.3. The lowest BCUT2D eigenvalue weighted by Gasteiger charge is -2.05. The van der Waals surface area contributed by atoms with E-state index in [4.69, 9.17) is 5.11 Å². The predicted octanol–water partition coefficient (Wildman–Crippen LogP) is 1.39. The average molecular weight is 162 g/mol. The van der Waals surface area contributed by atoms with E-state index in [9.17, 15) is 4.79 Å². The molecule has 0 saturated heterocycles. The highest BCUT2D eigenvalue weighted by molar-refractivity contribution is 8.10.